The van der Waals surface area contributed by atoms with E-state index in [2.05, 4.69) is 24.2 Å². The first-order chi connectivity index (χ1) is 8.24. The SMILES string of the molecule is CC1CCCC(NCC2CN(C)CCO2)CC1. The molecular formula is C14H28N2O. The summed E-state index contributed by atoms with van der Waals surface area (Å²) < 4.78 is 5.79. The van der Waals surface area contributed by atoms with Crippen molar-refractivity contribution >= 4 is 0 Å². The lowest BCUT2D eigenvalue weighted by molar-refractivity contribution is -0.0194. The Balaban J connectivity index is 1.66. The van der Waals surface area contributed by atoms with Crippen molar-refractivity contribution in [3.8, 4) is 0 Å². The zero-order valence-electron chi connectivity index (χ0n) is 11.5. The molecule has 3 atom stereocenters. The average molecular weight is 240 g/mol. The highest BCUT2D eigenvalue weighted by Gasteiger charge is 2.20. The van der Waals surface area contributed by atoms with E-state index >= 15 is 0 Å². The van der Waals surface area contributed by atoms with Gasteiger partial charge in [0.1, 0.15) is 0 Å². The summed E-state index contributed by atoms with van der Waals surface area (Å²) in [6, 6.07) is 0.732. The summed E-state index contributed by atoms with van der Waals surface area (Å²) in [5, 5.41) is 3.72. The maximum Gasteiger partial charge on any atom is 0.0826 e. The minimum atomic E-state index is 0.398. The van der Waals surface area contributed by atoms with Crippen LogP contribution in [0.5, 0.6) is 0 Å². The molecule has 3 nitrogen and oxygen atoms in total. The highest BCUT2D eigenvalue weighted by atomic mass is 16.5. The van der Waals surface area contributed by atoms with Crippen LogP contribution in [0, 0.1) is 5.92 Å². The van der Waals surface area contributed by atoms with E-state index < -0.39 is 0 Å². The van der Waals surface area contributed by atoms with Crippen molar-refractivity contribution in [1.29, 1.82) is 0 Å². The molecule has 3 heteroatoms. The maximum absolute atomic E-state index is 5.79. The highest BCUT2D eigenvalue weighted by molar-refractivity contribution is 4.77. The second kappa shape index (κ2) is 6.72. The molecule has 1 N–H and O–H groups in total. The van der Waals surface area contributed by atoms with Gasteiger partial charge in [0.25, 0.3) is 0 Å². The molecule has 0 bridgehead atoms. The largest absolute Gasteiger partial charge is 0.374 e. The van der Waals surface area contributed by atoms with Crippen LogP contribution < -0.4 is 5.32 Å². The fourth-order valence-electron chi connectivity index (χ4n) is 2.98. The standard InChI is InChI=1S/C14H28N2O/c1-12-4-3-5-13(7-6-12)15-10-14-11-16(2)8-9-17-14/h12-15H,3-11H2,1-2H3. The summed E-state index contributed by atoms with van der Waals surface area (Å²) in [6.45, 7) is 6.48. The summed E-state index contributed by atoms with van der Waals surface area (Å²) in [6.07, 6.45) is 7.31. The Morgan fingerprint density at radius 1 is 1.24 bits per heavy atom. The van der Waals surface area contributed by atoms with E-state index in [4.69, 9.17) is 4.74 Å². The molecule has 0 aromatic carbocycles. The Kier molecular flexibility index (Phi) is 5.26. The van der Waals surface area contributed by atoms with Crippen molar-refractivity contribution < 1.29 is 4.74 Å². The van der Waals surface area contributed by atoms with Gasteiger partial charge in [0.05, 0.1) is 12.7 Å². The van der Waals surface area contributed by atoms with E-state index in [0.29, 0.717) is 6.10 Å². The Bertz CT molecular complexity index is 222. The molecule has 1 heterocycles. The monoisotopic (exact) mass is 240 g/mol. The van der Waals surface area contributed by atoms with Gasteiger partial charge in [-0.05, 0) is 32.2 Å². The molecule has 1 saturated carbocycles. The number of morpholine rings is 1. The normalized spacial score (nSPS) is 36.7. The number of rotatable bonds is 3. The first kappa shape index (κ1) is 13.3. The van der Waals surface area contributed by atoms with Gasteiger partial charge >= 0.3 is 0 Å². The molecule has 100 valence electrons. The second-order valence-corrected chi connectivity index (χ2v) is 5.97. The van der Waals surface area contributed by atoms with E-state index in [1.807, 2.05) is 0 Å². The Labute approximate surface area is 106 Å². The first-order valence-electron chi connectivity index (χ1n) is 7.27. The molecule has 2 fully saturated rings. The Hall–Kier alpha value is -0.120. The topological polar surface area (TPSA) is 24.5 Å². The van der Waals surface area contributed by atoms with Crippen molar-refractivity contribution in [2.45, 2.75) is 51.2 Å². The zero-order chi connectivity index (χ0) is 12.1. The van der Waals surface area contributed by atoms with Gasteiger partial charge in [0.2, 0.25) is 0 Å². The van der Waals surface area contributed by atoms with Crippen LogP contribution in [-0.2, 0) is 4.74 Å². The van der Waals surface area contributed by atoms with E-state index in [-0.39, 0.29) is 0 Å². The molecule has 0 aromatic heterocycles. The maximum atomic E-state index is 5.79. The smallest absolute Gasteiger partial charge is 0.0826 e. The lowest BCUT2D eigenvalue weighted by atomic mass is 10.0. The molecule has 1 aliphatic heterocycles. The third-order valence-electron chi connectivity index (χ3n) is 4.23. The van der Waals surface area contributed by atoms with Crippen molar-refractivity contribution in [3.05, 3.63) is 0 Å². The van der Waals surface area contributed by atoms with Gasteiger partial charge < -0.3 is 15.0 Å². The third kappa shape index (κ3) is 4.57. The van der Waals surface area contributed by atoms with Gasteiger partial charge in [-0.1, -0.05) is 19.8 Å². The van der Waals surface area contributed by atoms with Gasteiger partial charge in [-0.2, -0.15) is 0 Å². The van der Waals surface area contributed by atoms with Crippen molar-refractivity contribution in [3.63, 3.8) is 0 Å². The molecule has 1 aliphatic carbocycles. The fourth-order valence-corrected chi connectivity index (χ4v) is 2.98. The molecular weight excluding hydrogens is 212 g/mol. The predicted octanol–water partition coefficient (Wildman–Crippen LogP) is 1.88. The lowest BCUT2D eigenvalue weighted by Gasteiger charge is -2.31. The highest BCUT2D eigenvalue weighted by Crippen LogP contribution is 2.22. The third-order valence-corrected chi connectivity index (χ3v) is 4.23. The van der Waals surface area contributed by atoms with Crippen LogP contribution in [0.25, 0.3) is 0 Å². The number of likely N-dealkylation sites (N-methyl/N-ethyl adjacent to an activating group) is 1. The summed E-state index contributed by atoms with van der Waals surface area (Å²) in [4.78, 5) is 2.37. The van der Waals surface area contributed by atoms with E-state index in [0.717, 1.165) is 38.2 Å². The van der Waals surface area contributed by atoms with E-state index in [1.54, 1.807) is 0 Å². The number of hydrogen-bond acceptors (Lipinski definition) is 3. The molecule has 3 unspecified atom stereocenters. The van der Waals surface area contributed by atoms with Gasteiger partial charge in [-0.3, -0.25) is 0 Å². The van der Waals surface area contributed by atoms with Crippen LogP contribution in [0.4, 0.5) is 0 Å². The zero-order valence-corrected chi connectivity index (χ0v) is 11.5. The minimum Gasteiger partial charge on any atom is -0.374 e. The summed E-state index contributed by atoms with van der Waals surface area (Å²) in [5.74, 6) is 0.930. The van der Waals surface area contributed by atoms with Crippen LogP contribution >= 0.6 is 0 Å². The second-order valence-electron chi connectivity index (χ2n) is 5.97. The van der Waals surface area contributed by atoms with Crippen molar-refractivity contribution in [2.75, 3.05) is 33.3 Å². The Morgan fingerprint density at radius 2 is 2.12 bits per heavy atom. The molecule has 2 rings (SSSR count). The van der Waals surface area contributed by atoms with E-state index in [1.165, 1.54) is 32.1 Å². The lowest BCUT2D eigenvalue weighted by Crippen LogP contribution is -2.46. The summed E-state index contributed by atoms with van der Waals surface area (Å²) >= 11 is 0. The summed E-state index contributed by atoms with van der Waals surface area (Å²) in [5.41, 5.74) is 0. The molecule has 0 aromatic rings. The predicted molar refractivity (Wildman–Crippen MR) is 71.3 cm³/mol. The van der Waals surface area contributed by atoms with E-state index in [9.17, 15) is 0 Å². The quantitative estimate of drug-likeness (QED) is 0.762. The van der Waals surface area contributed by atoms with Crippen LogP contribution in [0.2, 0.25) is 0 Å². The van der Waals surface area contributed by atoms with Gasteiger partial charge in [0.15, 0.2) is 0 Å². The average Bonchev–Trinajstić information content (AvgIpc) is 2.52. The number of nitrogens with zero attached hydrogens (tertiary/aromatic N) is 1. The Morgan fingerprint density at radius 3 is 2.94 bits per heavy atom. The number of ether oxygens (including phenoxy) is 1. The molecule has 17 heavy (non-hydrogen) atoms. The first-order valence-corrected chi connectivity index (χ1v) is 7.27. The van der Waals surface area contributed by atoms with Crippen LogP contribution in [0.1, 0.15) is 39.0 Å². The van der Waals surface area contributed by atoms with Crippen LogP contribution in [0.15, 0.2) is 0 Å². The number of hydrogen-bond donors (Lipinski definition) is 1. The molecule has 0 spiro atoms. The van der Waals surface area contributed by atoms with Crippen molar-refractivity contribution in [2.24, 2.45) is 5.92 Å². The minimum absolute atomic E-state index is 0.398. The molecule has 0 amide bonds. The van der Waals surface area contributed by atoms with Crippen LogP contribution in [-0.4, -0.2) is 50.3 Å². The van der Waals surface area contributed by atoms with Gasteiger partial charge in [-0.15, -0.1) is 0 Å². The van der Waals surface area contributed by atoms with Gasteiger partial charge in [0, 0.05) is 25.7 Å². The van der Waals surface area contributed by atoms with Gasteiger partial charge in [-0.25, -0.2) is 0 Å². The molecule has 0 radical (unpaired) electrons. The molecule has 2 aliphatic rings. The fraction of sp³-hybridized carbons (Fsp3) is 1.00. The summed E-state index contributed by atoms with van der Waals surface area (Å²) in [7, 11) is 2.18. The number of nitrogens with one attached hydrogen (secondary N) is 1. The molecule has 1 saturated heterocycles. The van der Waals surface area contributed by atoms with Crippen molar-refractivity contribution in [1.82, 2.24) is 10.2 Å². The van der Waals surface area contributed by atoms with Crippen LogP contribution in [0.3, 0.4) is 0 Å².